The van der Waals surface area contributed by atoms with Gasteiger partial charge in [-0.2, -0.15) is 0 Å². The Hall–Kier alpha value is -1.87. The molecule has 1 aliphatic rings. The molecular weight excluding hydrogens is 236 g/mol. The highest BCUT2D eigenvalue weighted by molar-refractivity contribution is 5.56. The van der Waals surface area contributed by atoms with Crippen LogP contribution >= 0.6 is 0 Å². The first-order chi connectivity index (χ1) is 9.36. The predicted molar refractivity (Wildman–Crippen MR) is 76.2 cm³/mol. The highest BCUT2D eigenvalue weighted by Crippen LogP contribution is 2.28. The fraction of sp³-hybridized carbons (Fsp3) is 0.312. The fourth-order valence-corrected chi connectivity index (χ4v) is 2.64. The SMILES string of the molecule is CO[C@H]1Cc2ccccc2N(Cc2ccccn2)C1. The van der Waals surface area contributed by atoms with E-state index >= 15 is 0 Å². The Balaban J connectivity index is 1.88. The molecule has 2 aromatic rings. The summed E-state index contributed by atoms with van der Waals surface area (Å²) in [5.74, 6) is 0. The molecule has 3 heteroatoms. The molecule has 0 unspecified atom stereocenters. The second-order valence-corrected chi connectivity index (χ2v) is 4.89. The molecule has 0 N–H and O–H groups in total. The molecule has 0 saturated heterocycles. The minimum Gasteiger partial charge on any atom is -0.379 e. The number of hydrogen-bond donors (Lipinski definition) is 0. The minimum absolute atomic E-state index is 0.263. The Labute approximate surface area is 113 Å². The Morgan fingerprint density at radius 3 is 2.84 bits per heavy atom. The highest BCUT2D eigenvalue weighted by atomic mass is 16.5. The van der Waals surface area contributed by atoms with Gasteiger partial charge in [0, 0.05) is 32.0 Å². The molecule has 1 aromatic heterocycles. The van der Waals surface area contributed by atoms with Crippen LogP contribution in [0.3, 0.4) is 0 Å². The summed E-state index contributed by atoms with van der Waals surface area (Å²) in [4.78, 5) is 6.77. The molecule has 2 heterocycles. The summed E-state index contributed by atoms with van der Waals surface area (Å²) in [6, 6.07) is 14.6. The first kappa shape index (κ1) is 12.2. The zero-order chi connectivity index (χ0) is 13.1. The van der Waals surface area contributed by atoms with Crippen LogP contribution in [-0.2, 0) is 17.7 Å². The highest BCUT2D eigenvalue weighted by Gasteiger charge is 2.24. The summed E-state index contributed by atoms with van der Waals surface area (Å²) in [7, 11) is 1.79. The molecule has 0 radical (unpaired) electrons. The molecular formula is C16H18N2O. The fourth-order valence-electron chi connectivity index (χ4n) is 2.64. The van der Waals surface area contributed by atoms with Gasteiger partial charge in [-0.15, -0.1) is 0 Å². The van der Waals surface area contributed by atoms with Crippen LogP contribution in [0.1, 0.15) is 11.3 Å². The van der Waals surface area contributed by atoms with E-state index in [-0.39, 0.29) is 6.10 Å². The summed E-state index contributed by atoms with van der Waals surface area (Å²) in [6.07, 6.45) is 3.10. The number of nitrogens with zero attached hydrogens (tertiary/aromatic N) is 2. The van der Waals surface area contributed by atoms with E-state index in [4.69, 9.17) is 4.74 Å². The molecule has 19 heavy (non-hydrogen) atoms. The van der Waals surface area contributed by atoms with Crippen LogP contribution in [0, 0.1) is 0 Å². The smallest absolute Gasteiger partial charge is 0.0787 e. The lowest BCUT2D eigenvalue weighted by atomic mass is 9.99. The third-order valence-electron chi connectivity index (χ3n) is 3.62. The number of anilines is 1. The van der Waals surface area contributed by atoms with E-state index in [1.165, 1.54) is 11.3 Å². The molecule has 0 amide bonds. The van der Waals surface area contributed by atoms with E-state index in [1.54, 1.807) is 7.11 Å². The number of benzene rings is 1. The van der Waals surface area contributed by atoms with Crippen molar-refractivity contribution < 1.29 is 4.74 Å². The Morgan fingerprint density at radius 2 is 2.05 bits per heavy atom. The van der Waals surface area contributed by atoms with Gasteiger partial charge in [0.05, 0.1) is 18.3 Å². The Morgan fingerprint density at radius 1 is 1.21 bits per heavy atom. The van der Waals surface area contributed by atoms with Gasteiger partial charge in [-0.3, -0.25) is 4.98 Å². The standard InChI is InChI=1S/C16H18N2O/c1-19-15-10-13-6-2-3-8-16(13)18(12-15)11-14-7-4-5-9-17-14/h2-9,15H,10-12H2,1H3/t15-/m0/s1. The van der Waals surface area contributed by atoms with Gasteiger partial charge in [0.1, 0.15) is 0 Å². The van der Waals surface area contributed by atoms with E-state index in [0.717, 1.165) is 25.2 Å². The molecule has 3 rings (SSSR count). The van der Waals surface area contributed by atoms with Crippen LogP contribution in [0.4, 0.5) is 5.69 Å². The molecule has 0 bridgehead atoms. The van der Waals surface area contributed by atoms with Crippen molar-refractivity contribution in [2.75, 3.05) is 18.6 Å². The summed E-state index contributed by atoms with van der Waals surface area (Å²) in [5, 5.41) is 0. The zero-order valence-corrected chi connectivity index (χ0v) is 11.1. The van der Waals surface area contributed by atoms with Crippen LogP contribution in [0.5, 0.6) is 0 Å². The van der Waals surface area contributed by atoms with Gasteiger partial charge in [0.15, 0.2) is 0 Å². The maximum absolute atomic E-state index is 5.55. The monoisotopic (exact) mass is 254 g/mol. The van der Waals surface area contributed by atoms with E-state index in [1.807, 2.05) is 18.3 Å². The first-order valence-electron chi connectivity index (χ1n) is 6.62. The molecule has 3 nitrogen and oxygen atoms in total. The van der Waals surface area contributed by atoms with Crippen molar-refractivity contribution in [1.29, 1.82) is 0 Å². The second kappa shape index (κ2) is 5.41. The lowest BCUT2D eigenvalue weighted by Crippen LogP contribution is -2.39. The lowest BCUT2D eigenvalue weighted by molar-refractivity contribution is 0.104. The largest absolute Gasteiger partial charge is 0.379 e. The number of pyridine rings is 1. The van der Waals surface area contributed by atoms with Crippen LogP contribution in [0.25, 0.3) is 0 Å². The molecule has 98 valence electrons. The number of ether oxygens (including phenoxy) is 1. The van der Waals surface area contributed by atoms with E-state index in [0.29, 0.717) is 0 Å². The maximum Gasteiger partial charge on any atom is 0.0787 e. The molecule has 0 spiro atoms. The van der Waals surface area contributed by atoms with Crippen molar-refractivity contribution in [3.8, 4) is 0 Å². The van der Waals surface area contributed by atoms with E-state index in [2.05, 4.69) is 40.2 Å². The summed E-state index contributed by atoms with van der Waals surface area (Å²) in [5.41, 5.74) is 3.76. The Kier molecular flexibility index (Phi) is 3.47. The minimum atomic E-state index is 0.263. The van der Waals surface area contributed by atoms with Gasteiger partial charge in [-0.1, -0.05) is 24.3 Å². The number of rotatable bonds is 3. The van der Waals surface area contributed by atoms with Gasteiger partial charge in [0.2, 0.25) is 0 Å². The quantitative estimate of drug-likeness (QED) is 0.842. The zero-order valence-electron chi connectivity index (χ0n) is 11.1. The van der Waals surface area contributed by atoms with Crippen molar-refractivity contribution >= 4 is 5.69 Å². The number of fused-ring (bicyclic) bond motifs is 1. The van der Waals surface area contributed by atoms with Gasteiger partial charge in [0.25, 0.3) is 0 Å². The number of hydrogen-bond acceptors (Lipinski definition) is 3. The Bertz CT molecular complexity index is 541. The molecule has 0 aliphatic carbocycles. The average molecular weight is 254 g/mol. The molecule has 1 aliphatic heterocycles. The van der Waals surface area contributed by atoms with Crippen molar-refractivity contribution in [2.24, 2.45) is 0 Å². The van der Waals surface area contributed by atoms with Gasteiger partial charge in [-0.05, 0) is 23.8 Å². The number of para-hydroxylation sites is 1. The number of methoxy groups -OCH3 is 1. The molecule has 0 fully saturated rings. The molecule has 1 atom stereocenters. The van der Waals surface area contributed by atoms with E-state index in [9.17, 15) is 0 Å². The third kappa shape index (κ3) is 2.61. The van der Waals surface area contributed by atoms with Gasteiger partial charge < -0.3 is 9.64 Å². The second-order valence-electron chi connectivity index (χ2n) is 4.89. The van der Waals surface area contributed by atoms with Crippen LogP contribution < -0.4 is 4.90 Å². The van der Waals surface area contributed by atoms with Crippen molar-refractivity contribution in [3.63, 3.8) is 0 Å². The average Bonchev–Trinajstić information content (AvgIpc) is 2.48. The first-order valence-corrected chi connectivity index (χ1v) is 6.62. The van der Waals surface area contributed by atoms with Crippen LogP contribution in [-0.4, -0.2) is 24.7 Å². The summed E-state index contributed by atoms with van der Waals surface area (Å²) >= 11 is 0. The predicted octanol–water partition coefficient (Wildman–Crippen LogP) is 2.66. The van der Waals surface area contributed by atoms with Crippen molar-refractivity contribution in [3.05, 3.63) is 59.9 Å². The van der Waals surface area contributed by atoms with Crippen LogP contribution in [0.2, 0.25) is 0 Å². The van der Waals surface area contributed by atoms with Crippen molar-refractivity contribution in [1.82, 2.24) is 4.98 Å². The van der Waals surface area contributed by atoms with Crippen LogP contribution in [0.15, 0.2) is 48.7 Å². The molecule has 0 saturated carbocycles. The maximum atomic E-state index is 5.55. The number of aromatic nitrogens is 1. The lowest BCUT2D eigenvalue weighted by Gasteiger charge is -2.35. The summed E-state index contributed by atoms with van der Waals surface area (Å²) in [6.45, 7) is 1.75. The van der Waals surface area contributed by atoms with Crippen molar-refractivity contribution in [2.45, 2.75) is 19.1 Å². The van der Waals surface area contributed by atoms with Gasteiger partial charge >= 0.3 is 0 Å². The molecule has 1 aromatic carbocycles. The summed E-state index contributed by atoms with van der Waals surface area (Å²) < 4.78 is 5.55. The normalized spacial score (nSPS) is 18.2. The van der Waals surface area contributed by atoms with Gasteiger partial charge in [-0.25, -0.2) is 0 Å². The topological polar surface area (TPSA) is 25.4 Å². The third-order valence-corrected chi connectivity index (χ3v) is 3.62. The van der Waals surface area contributed by atoms with E-state index < -0.39 is 0 Å².